The predicted molar refractivity (Wildman–Crippen MR) is 111 cm³/mol. The fraction of sp³-hybridized carbons (Fsp3) is 0.400. The van der Waals surface area contributed by atoms with Crippen molar-refractivity contribution in [2.75, 3.05) is 11.9 Å². The van der Waals surface area contributed by atoms with Crippen molar-refractivity contribution in [3.8, 4) is 5.69 Å². The van der Waals surface area contributed by atoms with E-state index < -0.39 is 17.7 Å². The van der Waals surface area contributed by atoms with Gasteiger partial charge in [-0.15, -0.1) is 0 Å². The summed E-state index contributed by atoms with van der Waals surface area (Å²) < 4.78 is 45.0. The number of carbonyl (C=O) groups is 2. The van der Waals surface area contributed by atoms with Gasteiger partial charge in [-0.1, -0.05) is 6.42 Å². The first-order chi connectivity index (χ1) is 14.6. The van der Waals surface area contributed by atoms with E-state index in [0.717, 1.165) is 31.4 Å². The first-order valence-electron chi connectivity index (χ1n) is 9.68. The van der Waals surface area contributed by atoms with Crippen molar-refractivity contribution < 1.29 is 27.5 Å². The standard InChI is InChI=1S/C20H21F3N4O3S/c1-3-30-18(29)15-11(2)16(24-19(31)25-17(28)12-5-4-6-12)27(26-15)14-9-7-13(8-10-14)20(21,22)23/h7-10,12H,3-6H2,1-2H3,(H2,24,25,28,31). The van der Waals surface area contributed by atoms with E-state index in [1.807, 2.05) is 0 Å². The van der Waals surface area contributed by atoms with Gasteiger partial charge in [0.15, 0.2) is 10.8 Å². The lowest BCUT2D eigenvalue weighted by Crippen LogP contribution is -2.40. The number of rotatable bonds is 5. The molecule has 1 aliphatic carbocycles. The van der Waals surface area contributed by atoms with Gasteiger partial charge in [-0.2, -0.15) is 18.3 Å². The molecule has 1 fully saturated rings. The van der Waals surface area contributed by atoms with Crippen LogP contribution in [-0.2, 0) is 15.7 Å². The number of hydrogen-bond acceptors (Lipinski definition) is 5. The van der Waals surface area contributed by atoms with Crippen LogP contribution in [0.2, 0.25) is 0 Å². The largest absolute Gasteiger partial charge is 0.461 e. The van der Waals surface area contributed by atoms with Crippen LogP contribution in [0.5, 0.6) is 0 Å². The second-order valence-electron chi connectivity index (χ2n) is 7.07. The summed E-state index contributed by atoms with van der Waals surface area (Å²) in [5.74, 6) is -0.733. The smallest absolute Gasteiger partial charge is 0.416 e. The fourth-order valence-corrected chi connectivity index (χ4v) is 3.23. The SMILES string of the molecule is CCOC(=O)c1nn(-c2ccc(C(F)(F)F)cc2)c(NC(=S)NC(=O)C2CCC2)c1C. The number of aromatic nitrogens is 2. The van der Waals surface area contributed by atoms with Crippen LogP contribution in [0.1, 0.15) is 47.8 Å². The second-order valence-corrected chi connectivity index (χ2v) is 7.48. The molecule has 0 aliphatic heterocycles. The topological polar surface area (TPSA) is 85.2 Å². The first kappa shape index (κ1) is 22.7. The van der Waals surface area contributed by atoms with Crippen LogP contribution in [0.3, 0.4) is 0 Å². The quantitative estimate of drug-likeness (QED) is 0.525. The Morgan fingerprint density at radius 3 is 2.42 bits per heavy atom. The molecule has 1 aliphatic rings. The summed E-state index contributed by atoms with van der Waals surface area (Å²) in [6.07, 6.45) is -1.90. The van der Waals surface area contributed by atoms with E-state index in [9.17, 15) is 22.8 Å². The van der Waals surface area contributed by atoms with Crippen LogP contribution >= 0.6 is 12.2 Å². The molecule has 3 rings (SSSR count). The van der Waals surface area contributed by atoms with Crippen LogP contribution in [0, 0.1) is 12.8 Å². The van der Waals surface area contributed by atoms with Crippen LogP contribution in [-0.4, -0.2) is 33.4 Å². The molecule has 7 nitrogen and oxygen atoms in total. The maximum absolute atomic E-state index is 12.9. The van der Waals surface area contributed by atoms with Gasteiger partial charge in [0.1, 0.15) is 5.82 Å². The van der Waals surface area contributed by atoms with Gasteiger partial charge in [-0.3, -0.25) is 4.79 Å². The van der Waals surface area contributed by atoms with Crippen LogP contribution in [0.15, 0.2) is 24.3 Å². The molecule has 11 heteroatoms. The Morgan fingerprint density at radius 2 is 1.90 bits per heavy atom. The Morgan fingerprint density at radius 1 is 1.26 bits per heavy atom. The van der Waals surface area contributed by atoms with Crippen molar-refractivity contribution in [2.45, 2.75) is 39.3 Å². The lowest BCUT2D eigenvalue weighted by Gasteiger charge is -2.24. The van der Waals surface area contributed by atoms with Gasteiger partial charge >= 0.3 is 12.1 Å². The molecular weight excluding hydrogens is 433 g/mol. The molecule has 1 aromatic heterocycles. The molecular formula is C20H21F3N4O3S. The van der Waals surface area contributed by atoms with Gasteiger partial charge in [0.25, 0.3) is 0 Å². The van der Waals surface area contributed by atoms with Gasteiger partial charge in [-0.25, -0.2) is 9.48 Å². The molecule has 1 heterocycles. The number of benzene rings is 1. The van der Waals surface area contributed by atoms with E-state index >= 15 is 0 Å². The zero-order valence-corrected chi connectivity index (χ0v) is 17.7. The Kier molecular flexibility index (Phi) is 6.63. The highest BCUT2D eigenvalue weighted by Gasteiger charge is 2.31. The molecule has 0 radical (unpaired) electrons. The van der Waals surface area contributed by atoms with Crippen LogP contribution in [0.4, 0.5) is 19.0 Å². The lowest BCUT2D eigenvalue weighted by molar-refractivity contribution is -0.137. The third-order valence-electron chi connectivity index (χ3n) is 4.97. The molecule has 166 valence electrons. The highest BCUT2D eigenvalue weighted by Crippen LogP contribution is 2.31. The number of ether oxygens (including phenoxy) is 1. The fourth-order valence-electron chi connectivity index (χ4n) is 3.04. The van der Waals surface area contributed by atoms with Crippen molar-refractivity contribution in [2.24, 2.45) is 5.92 Å². The van der Waals surface area contributed by atoms with Gasteiger partial charge in [-0.05, 0) is 63.2 Å². The Labute approximate surface area is 181 Å². The summed E-state index contributed by atoms with van der Waals surface area (Å²) in [6.45, 7) is 3.37. The van der Waals surface area contributed by atoms with Crippen molar-refractivity contribution in [1.29, 1.82) is 0 Å². The molecule has 0 bridgehead atoms. The third kappa shape index (κ3) is 5.04. The zero-order chi connectivity index (χ0) is 22.8. The van der Waals surface area contributed by atoms with E-state index in [0.29, 0.717) is 5.56 Å². The number of carbonyl (C=O) groups excluding carboxylic acids is 2. The normalized spacial score (nSPS) is 14.0. The minimum Gasteiger partial charge on any atom is -0.461 e. The molecule has 0 atom stereocenters. The zero-order valence-electron chi connectivity index (χ0n) is 16.9. The molecule has 2 aromatic rings. The number of halogens is 3. The number of amides is 1. The Hall–Kier alpha value is -2.95. The lowest BCUT2D eigenvalue weighted by atomic mass is 9.85. The number of hydrogen-bond donors (Lipinski definition) is 2. The van der Waals surface area contributed by atoms with Crippen molar-refractivity contribution in [1.82, 2.24) is 15.1 Å². The van der Waals surface area contributed by atoms with Crippen LogP contribution < -0.4 is 10.6 Å². The van der Waals surface area contributed by atoms with Gasteiger partial charge < -0.3 is 15.4 Å². The van der Waals surface area contributed by atoms with Crippen molar-refractivity contribution in [3.05, 3.63) is 41.1 Å². The summed E-state index contributed by atoms with van der Waals surface area (Å²) in [4.78, 5) is 24.4. The molecule has 0 unspecified atom stereocenters. The molecule has 2 N–H and O–H groups in total. The first-order valence-corrected chi connectivity index (χ1v) is 10.1. The van der Waals surface area contributed by atoms with E-state index in [1.54, 1.807) is 13.8 Å². The summed E-state index contributed by atoms with van der Waals surface area (Å²) in [5, 5.41) is 9.66. The Balaban J connectivity index is 1.93. The summed E-state index contributed by atoms with van der Waals surface area (Å²) in [6, 6.07) is 4.28. The number of nitrogens with one attached hydrogen (secondary N) is 2. The van der Waals surface area contributed by atoms with Gasteiger partial charge in [0, 0.05) is 11.5 Å². The number of alkyl halides is 3. The predicted octanol–water partition coefficient (Wildman–Crippen LogP) is 3.99. The Bertz CT molecular complexity index is 998. The molecule has 0 spiro atoms. The number of anilines is 1. The van der Waals surface area contributed by atoms with E-state index in [-0.39, 0.29) is 40.7 Å². The summed E-state index contributed by atoms with van der Waals surface area (Å²) in [5.41, 5.74) is -0.193. The highest BCUT2D eigenvalue weighted by atomic mass is 32.1. The molecule has 1 aromatic carbocycles. The molecule has 1 amide bonds. The van der Waals surface area contributed by atoms with E-state index in [1.165, 1.54) is 16.8 Å². The van der Waals surface area contributed by atoms with Gasteiger partial charge in [0.2, 0.25) is 5.91 Å². The monoisotopic (exact) mass is 454 g/mol. The highest BCUT2D eigenvalue weighted by molar-refractivity contribution is 7.80. The van der Waals surface area contributed by atoms with Crippen molar-refractivity contribution >= 4 is 35.0 Å². The summed E-state index contributed by atoms with van der Waals surface area (Å²) in [7, 11) is 0. The minimum atomic E-state index is -4.48. The number of esters is 1. The average Bonchev–Trinajstić information content (AvgIpc) is 2.96. The minimum absolute atomic E-state index is 0.00321. The molecule has 0 saturated heterocycles. The van der Waals surface area contributed by atoms with E-state index in [4.69, 9.17) is 17.0 Å². The van der Waals surface area contributed by atoms with Crippen molar-refractivity contribution in [3.63, 3.8) is 0 Å². The molecule has 1 saturated carbocycles. The summed E-state index contributed by atoms with van der Waals surface area (Å²) >= 11 is 5.22. The second kappa shape index (κ2) is 9.04. The van der Waals surface area contributed by atoms with E-state index in [2.05, 4.69) is 15.7 Å². The van der Waals surface area contributed by atoms with Crippen LogP contribution in [0.25, 0.3) is 5.69 Å². The maximum Gasteiger partial charge on any atom is 0.416 e. The average molecular weight is 454 g/mol. The number of thiocarbonyl (C=S) groups is 1. The number of nitrogens with zero attached hydrogens (tertiary/aromatic N) is 2. The third-order valence-corrected chi connectivity index (χ3v) is 5.18. The maximum atomic E-state index is 12.9. The van der Waals surface area contributed by atoms with Gasteiger partial charge in [0.05, 0.1) is 17.9 Å². The molecule has 31 heavy (non-hydrogen) atoms.